The van der Waals surface area contributed by atoms with Crippen molar-refractivity contribution in [1.82, 2.24) is 44.4 Å². The average molecular weight is 790 g/mol. The standard InChI is InChI=1S/C25H33N11O11P2S2/c1-11-16-12(43-23(11)35-9-33-14-19(26)29-7-31-21(14)35)5-41-49(39,51)47-17-13(6-42-48(38,50)46-16)44-24(18(17)45-25(37)40-4-3-28-2)36-10-34-15-20(27)30-8-32-22(15)36/h7-13,16-18,23-24,28H,3-6H2,1-2H3,(H,38,50)(H,39,51)(H2,26,29,31)(H2,27,30,32)/t11-,12-,13?,16+,17-,18-,23-,24-,48-,49-/m1/s1. The number of nitrogen functional groups attached to an aromatic ring is 2. The van der Waals surface area contributed by atoms with Gasteiger partial charge in [-0.15, -0.1) is 0 Å². The van der Waals surface area contributed by atoms with Crippen LogP contribution < -0.4 is 16.8 Å². The first-order chi connectivity index (χ1) is 24.4. The fourth-order valence-electron chi connectivity index (χ4n) is 6.01. The quantitative estimate of drug-likeness (QED) is 0.0807. The molecular formula is C25H33N11O11P2S2. The molecule has 1 unspecified atom stereocenters. The minimum Gasteiger partial charge on any atom is -0.433 e. The molecule has 0 aliphatic carbocycles. The van der Waals surface area contributed by atoms with E-state index in [1.165, 1.54) is 29.9 Å². The Morgan fingerprint density at radius 3 is 2.00 bits per heavy atom. The summed E-state index contributed by atoms with van der Waals surface area (Å²) in [5, 5.41) is 2.84. The van der Waals surface area contributed by atoms with Crippen LogP contribution in [-0.4, -0.2) is 109 Å². The van der Waals surface area contributed by atoms with Crippen LogP contribution in [0, 0.1) is 5.92 Å². The minimum absolute atomic E-state index is 0.0328. The summed E-state index contributed by atoms with van der Waals surface area (Å²) in [6.45, 7) is -7.42. The van der Waals surface area contributed by atoms with E-state index in [0.29, 0.717) is 17.7 Å². The number of anilines is 2. The Balaban J connectivity index is 1.19. The van der Waals surface area contributed by atoms with E-state index in [1.54, 1.807) is 18.5 Å². The Bertz CT molecular complexity index is 2030. The Labute approximate surface area is 298 Å². The summed E-state index contributed by atoms with van der Waals surface area (Å²) in [5.74, 6) is -0.301. The molecular weight excluding hydrogens is 756 g/mol. The molecule has 22 nitrogen and oxygen atoms in total. The van der Waals surface area contributed by atoms with Crippen molar-refractivity contribution < 1.29 is 51.0 Å². The number of hydrogen-bond donors (Lipinski definition) is 5. The zero-order valence-electron chi connectivity index (χ0n) is 26.8. The highest BCUT2D eigenvalue weighted by Gasteiger charge is 2.54. The molecule has 3 saturated heterocycles. The second kappa shape index (κ2) is 14.3. The average Bonchev–Trinajstić information content (AvgIpc) is 3.85. The van der Waals surface area contributed by atoms with Crippen LogP contribution in [0.3, 0.4) is 0 Å². The van der Waals surface area contributed by atoms with Gasteiger partial charge in [-0.3, -0.25) is 27.2 Å². The van der Waals surface area contributed by atoms with Gasteiger partial charge in [-0.2, -0.15) is 0 Å². The van der Waals surface area contributed by atoms with E-state index in [2.05, 4.69) is 59.7 Å². The normalized spacial score (nSPS) is 34.4. The van der Waals surface area contributed by atoms with Crippen molar-refractivity contribution in [3.63, 3.8) is 0 Å². The molecule has 0 amide bonds. The summed E-state index contributed by atoms with van der Waals surface area (Å²) in [6.07, 6.45) is -3.90. The molecule has 0 bridgehead atoms. The lowest BCUT2D eigenvalue weighted by Gasteiger charge is -2.29. The third-order valence-corrected chi connectivity index (χ3v) is 11.6. The molecule has 3 aliphatic heterocycles. The maximum absolute atomic E-state index is 13.9. The molecule has 51 heavy (non-hydrogen) atoms. The number of imidazole rings is 2. The van der Waals surface area contributed by atoms with Gasteiger partial charge >= 0.3 is 19.8 Å². The van der Waals surface area contributed by atoms with Crippen molar-refractivity contribution >= 4 is 78.2 Å². The van der Waals surface area contributed by atoms with Gasteiger partial charge in [0.2, 0.25) is 0 Å². The number of nitrogens with two attached hydrogens (primary N) is 2. The molecule has 3 fully saturated rings. The Hall–Kier alpha value is -3.15. The maximum Gasteiger partial charge on any atom is 0.508 e. The molecule has 10 atom stereocenters. The van der Waals surface area contributed by atoms with E-state index in [4.69, 9.17) is 48.5 Å². The Morgan fingerprint density at radius 1 is 0.882 bits per heavy atom. The minimum atomic E-state index is -4.33. The van der Waals surface area contributed by atoms with Crippen LogP contribution in [0.4, 0.5) is 16.4 Å². The molecule has 5 N–H and O–H groups in total. The molecule has 7 heterocycles. The lowest BCUT2D eigenvalue weighted by molar-refractivity contribution is -0.0620. The third-order valence-electron chi connectivity index (χ3n) is 8.37. The summed E-state index contributed by atoms with van der Waals surface area (Å²) in [5.41, 5.74) is 13.1. The van der Waals surface area contributed by atoms with E-state index in [0.717, 1.165) is 0 Å². The van der Waals surface area contributed by atoms with Crippen molar-refractivity contribution in [3.05, 3.63) is 25.3 Å². The van der Waals surface area contributed by atoms with Crippen LogP contribution in [0.5, 0.6) is 0 Å². The van der Waals surface area contributed by atoms with Crippen molar-refractivity contribution in [3.8, 4) is 0 Å². The number of carbonyl (C=O) groups excluding carboxylic acids is 1. The zero-order chi connectivity index (χ0) is 36.1. The van der Waals surface area contributed by atoms with Gasteiger partial charge in [0, 0.05) is 12.5 Å². The maximum atomic E-state index is 13.9. The highest BCUT2D eigenvalue weighted by atomic mass is 32.7. The molecule has 0 spiro atoms. The number of carbonyl (C=O) groups is 1. The van der Waals surface area contributed by atoms with Crippen molar-refractivity contribution in [1.29, 1.82) is 0 Å². The smallest absolute Gasteiger partial charge is 0.433 e. The van der Waals surface area contributed by atoms with Gasteiger partial charge < -0.3 is 35.7 Å². The van der Waals surface area contributed by atoms with Crippen LogP contribution in [0.25, 0.3) is 22.3 Å². The first kappa shape index (κ1) is 36.2. The number of thiol groups is 2. The van der Waals surface area contributed by atoms with Gasteiger partial charge in [-0.1, -0.05) is 31.4 Å². The van der Waals surface area contributed by atoms with Crippen molar-refractivity contribution in [2.75, 3.05) is 44.9 Å². The molecule has 0 aromatic carbocycles. The topological polar surface area (TPSA) is 276 Å². The van der Waals surface area contributed by atoms with Crippen LogP contribution in [0.2, 0.25) is 0 Å². The lowest BCUT2D eigenvalue weighted by Crippen LogP contribution is -2.40. The summed E-state index contributed by atoms with van der Waals surface area (Å²) in [7, 11) is 1.68. The van der Waals surface area contributed by atoms with Gasteiger partial charge in [0.25, 0.3) is 0 Å². The highest BCUT2D eigenvalue weighted by molar-refractivity contribution is 8.44. The first-order valence-corrected chi connectivity index (χ1v) is 20.7. The van der Waals surface area contributed by atoms with Gasteiger partial charge in [0.15, 0.2) is 35.3 Å². The molecule has 276 valence electrons. The summed E-state index contributed by atoms with van der Waals surface area (Å²) in [6, 6.07) is 0. The number of likely N-dealkylation sites (N-methyl/N-ethyl adjacent to an activating group) is 1. The molecule has 3 aliphatic rings. The molecule has 26 heteroatoms. The Morgan fingerprint density at radius 2 is 1.41 bits per heavy atom. The summed E-state index contributed by atoms with van der Waals surface area (Å²) in [4.78, 5) is 37.9. The SMILES string of the molecule is CNCCOC(=O)O[C@@H]1[C@@H]2O[P@](=O)(S)OC[C@H]3O[C@@H](n4cnc5c(N)ncnc54)[C@H](C)[C@@H]3O[P@](=O)(S)OCC2O[C@H]1n1cnc2c(N)ncnc21. The van der Waals surface area contributed by atoms with E-state index in [1.807, 2.05) is 0 Å². The zero-order valence-corrected chi connectivity index (χ0v) is 30.3. The van der Waals surface area contributed by atoms with Crippen LogP contribution >= 0.6 is 38.1 Å². The lowest BCUT2D eigenvalue weighted by atomic mass is 10.0. The van der Waals surface area contributed by atoms with Crippen LogP contribution in [-0.2, 0) is 46.2 Å². The Kier molecular flexibility index (Phi) is 10.2. The fourth-order valence-corrected chi connectivity index (χ4v) is 9.06. The molecule has 7 rings (SSSR count). The van der Waals surface area contributed by atoms with E-state index in [-0.39, 0.29) is 29.4 Å². The number of nitrogens with zero attached hydrogens (tertiary/aromatic N) is 8. The summed E-state index contributed by atoms with van der Waals surface area (Å²) >= 11 is 8.48. The van der Waals surface area contributed by atoms with Gasteiger partial charge in [-0.25, -0.2) is 43.8 Å². The number of rotatable bonds is 6. The molecule has 0 radical (unpaired) electrons. The molecule has 4 aromatic rings. The first-order valence-electron chi connectivity index (χ1n) is 15.3. The number of hydrogen-bond acceptors (Lipinski definition) is 20. The van der Waals surface area contributed by atoms with Crippen LogP contribution in [0.15, 0.2) is 25.3 Å². The largest absolute Gasteiger partial charge is 0.508 e. The van der Waals surface area contributed by atoms with Gasteiger partial charge in [0.1, 0.15) is 60.9 Å². The molecule has 4 aromatic heterocycles. The van der Waals surface area contributed by atoms with Crippen molar-refractivity contribution in [2.24, 2.45) is 5.92 Å². The second-order valence-electron chi connectivity index (χ2n) is 11.6. The highest BCUT2D eigenvalue weighted by Crippen LogP contribution is 2.61. The van der Waals surface area contributed by atoms with Gasteiger partial charge in [-0.05, 0) is 7.05 Å². The number of aromatic nitrogens is 8. The van der Waals surface area contributed by atoms with E-state index < -0.39 is 81.9 Å². The number of nitrogens with one attached hydrogen (secondary N) is 1. The summed E-state index contributed by atoms with van der Waals surface area (Å²) < 4.78 is 77.5. The second-order valence-corrected chi connectivity index (χ2v) is 17.4. The molecule has 0 saturated carbocycles. The fraction of sp³-hybridized carbons (Fsp3) is 0.560. The van der Waals surface area contributed by atoms with Crippen molar-refractivity contribution in [2.45, 2.75) is 49.9 Å². The van der Waals surface area contributed by atoms with E-state index >= 15 is 0 Å². The third kappa shape index (κ3) is 7.27. The van der Waals surface area contributed by atoms with E-state index in [9.17, 15) is 13.9 Å². The van der Waals surface area contributed by atoms with Gasteiger partial charge in [0.05, 0.1) is 25.9 Å². The van der Waals surface area contributed by atoms with Crippen LogP contribution in [0.1, 0.15) is 19.4 Å². The number of fused-ring (bicyclic) bond motifs is 4. The predicted octanol–water partition coefficient (Wildman–Crippen LogP) is 1.90. The number of ether oxygens (including phenoxy) is 4. The monoisotopic (exact) mass is 789 g/mol. The predicted molar refractivity (Wildman–Crippen MR) is 181 cm³/mol.